The summed E-state index contributed by atoms with van der Waals surface area (Å²) in [5.74, 6) is 0.326. The van der Waals surface area contributed by atoms with Crippen molar-refractivity contribution in [3.8, 4) is 0 Å². The number of hydrogen-bond acceptors (Lipinski definition) is 3. The van der Waals surface area contributed by atoms with E-state index in [0.29, 0.717) is 25.5 Å². The van der Waals surface area contributed by atoms with E-state index in [0.717, 1.165) is 5.56 Å². The molecule has 18 heavy (non-hydrogen) atoms. The Morgan fingerprint density at radius 2 is 2.39 bits per heavy atom. The van der Waals surface area contributed by atoms with Crippen molar-refractivity contribution in [2.45, 2.75) is 18.9 Å². The molecule has 1 aliphatic rings. The number of benzene rings is 1. The number of nitrogens with zero attached hydrogens (tertiary/aromatic N) is 2. The standard InChI is InChI=1S/C14H18FN3/c1-3-7-18-13(16)17-10-14(18,2)9-11-5-4-6-12(15)8-11/h3-6,8H,1,7,9-10H2,2H3,(H2,16,17). The van der Waals surface area contributed by atoms with Crippen LogP contribution in [0.3, 0.4) is 0 Å². The highest BCUT2D eigenvalue weighted by atomic mass is 19.1. The molecule has 96 valence electrons. The molecule has 0 amide bonds. The molecule has 0 aliphatic carbocycles. The van der Waals surface area contributed by atoms with E-state index in [2.05, 4.69) is 18.5 Å². The Hall–Kier alpha value is -1.84. The monoisotopic (exact) mass is 247 g/mol. The molecule has 1 aromatic rings. The molecule has 2 N–H and O–H groups in total. The maximum absolute atomic E-state index is 13.2. The highest BCUT2D eigenvalue weighted by molar-refractivity contribution is 5.81. The third-order valence-electron chi connectivity index (χ3n) is 3.30. The fourth-order valence-corrected chi connectivity index (χ4v) is 2.38. The molecule has 0 saturated carbocycles. The van der Waals surface area contributed by atoms with E-state index in [1.54, 1.807) is 18.2 Å². The first-order valence-corrected chi connectivity index (χ1v) is 5.98. The second-order valence-corrected chi connectivity index (χ2v) is 4.88. The zero-order valence-electron chi connectivity index (χ0n) is 10.6. The van der Waals surface area contributed by atoms with Gasteiger partial charge in [-0.15, -0.1) is 6.58 Å². The van der Waals surface area contributed by atoms with Crippen LogP contribution in [0.15, 0.2) is 41.9 Å². The van der Waals surface area contributed by atoms with Gasteiger partial charge < -0.3 is 10.6 Å². The summed E-state index contributed by atoms with van der Waals surface area (Å²) in [7, 11) is 0. The topological polar surface area (TPSA) is 41.6 Å². The Morgan fingerprint density at radius 3 is 3.06 bits per heavy atom. The first kappa shape index (κ1) is 12.6. The van der Waals surface area contributed by atoms with Crippen LogP contribution in [0.25, 0.3) is 0 Å². The number of halogens is 1. The van der Waals surface area contributed by atoms with Crippen LogP contribution < -0.4 is 5.73 Å². The zero-order chi connectivity index (χ0) is 13.2. The maximum atomic E-state index is 13.2. The lowest BCUT2D eigenvalue weighted by Gasteiger charge is -2.35. The highest BCUT2D eigenvalue weighted by Crippen LogP contribution is 2.26. The van der Waals surface area contributed by atoms with E-state index >= 15 is 0 Å². The maximum Gasteiger partial charge on any atom is 0.192 e. The molecule has 1 aromatic carbocycles. The largest absolute Gasteiger partial charge is 0.370 e. The Balaban J connectivity index is 2.19. The summed E-state index contributed by atoms with van der Waals surface area (Å²) in [5.41, 5.74) is 6.63. The summed E-state index contributed by atoms with van der Waals surface area (Å²) < 4.78 is 13.2. The van der Waals surface area contributed by atoms with E-state index in [1.165, 1.54) is 6.07 Å². The van der Waals surface area contributed by atoms with Crippen molar-refractivity contribution in [2.75, 3.05) is 13.1 Å². The lowest BCUT2D eigenvalue weighted by molar-refractivity contribution is 0.239. The van der Waals surface area contributed by atoms with Gasteiger partial charge in [0.15, 0.2) is 5.96 Å². The molecule has 0 bridgehead atoms. The lowest BCUT2D eigenvalue weighted by Crippen LogP contribution is -2.50. The average molecular weight is 247 g/mol. The summed E-state index contributed by atoms with van der Waals surface area (Å²) in [6, 6.07) is 6.67. The van der Waals surface area contributed by atoms with Crippen molar-refractivity contribution >= 4 is 5.96 Å². The SMILES string of the molecule is C=CCN1C(N)=NCC1(C)Cc1cccc(F)c1. The quantitative estimate of drug-likeness (QED) is 0.826. The van der Waals surface area contributed by atoms with Crippen molar-refractivity contribution in [3.05, 3.63) is 48.3 Å². The highest BCUT2D eigenvalue weighted by Gasteiger charge is 2.37. The minimum absolute atomic E-state index is 0.202. The number of aliphatic imine (C=N–C) groups is 1. The van der Waals surface area contributed by atoms with Gasteiger partial charge >= 0.3 is 0 Å². The molecule has 3 nitrogen and oxygen atoms in total. The van der Waals surface area contributed by atoms with Crippen LogP contribution in [0, 0.1) is 5.82 Å². The van der Waals surface area contributed by atoms with E-state index in [-0.39, 0.29) is 11.4 Å². The number of hydrogen-bond donors (Lipinski definition) is 1. The molecule has 2 rings (SSSR count). The average Bonchev–Trinajstić information content (AvgIpc) is 2.58. The van der Waals surface area contributed by atoms with Crippen LogP contribution >= 0.6 is 0 Å². The van der Waals surface area contributed by atoms with Crippen molar-refractivity contribution in [2.24, 2.45) is 10.7 Å². The molecule has 0 radical (unpaired) electrons. The first-order valence-electron chi connectivity index (χ1n) is 5.98. The second-order valence-electron chi connectivity index (χ2n) is 4.88. The zero-order valence-corrected chi connectivity index (χ0v) is 10.6. The minimum Gasteiger partial charge on any atom is -0.370 e. The molecule has 0 fully saturated rings. The number of guanidine groups is 1. The van der Waals surface area contributed by atoms with E-state index in [4.69, 9.17) is 5.73 Å². The third-order valence-corrected chi connectivity index (χ3v) is 3.30. The van der Waals surface area contributed by atoms with Crippen molar-refractivity contribution < 1.29 is 4.39 Å². The normalized spacial score (nSPS) is 23.0. The van der Waals surface area contributed by atoms with Gasteiger partial charge in [0.05, 0.1) is 12.1 Å². The van der Waals surface area contributed by atoms with Gasteiger partial charge in [0.1, 0.15) is 5.82 Å². The molecule has 0 aromatic heterocycles. The summed E-state index contributed by atoms with van der Waals surface area (Å²) in [6.45, 7) is 7.10. The Bertz CT molecular complexity index is 484. The van der Waals surface area contributed by atoms with Crippen LogP contribution in [0.5, 0.6) is 0 Å². The Kier molecular flexibility index (Phi) is 3.36. The number of nitrogens with two attached hydrogens (primary N) is 1. The van der Waals surface area contributed by atoms with Gasteiger partial charge in [-0.2, -0.15) is 0 Å². The molecule has 0 spiro atoms. The van der Waals surface area contributed by atoms with Crippen molar-refractivity contribution in [1.29, 1.82) is 0 Å². The fourth-order valence-electron chi connectivity index (χ4n) is 2.38. The third kappa shape index (κ3) is 2.37. The summed E-state index contributed by atoms with van der Waals surface area (Å²) >= 11 is 0. The van der Waals surface area contributed by atoms with Gasteiger partial charge in [-0.3, -0.25) is 4.99 Å². The van der Waals surface area contributed by atoms with E-state index in [9.17, 15) is 4.39 Å². The molecule has 1 heterocycles. The van der Waals surface area contributed by atoms with Crippen LogP contribution in [0.2, 0.25) is 0 Å². The lowest BCUT2D eigenvalue weighted by atomic mass is 9.92. The van der Waals surface area contributed by atoms with Gasteiger partial charge in [-0.05, 0) is 31.0 Å². The van der Waals surface area contributed by atoms with Gasteiger partial charge in [0, 0.05) is 6.54 Å². The summed E-state index contributed by atoms with van der Waals surface area (Å²) in [6.07, 6.45) is 2.51. The van der Waals surface area contributed by atoms with Crippen LogP contribution in [-0.2, 0) is 6.42 Å². The van der Waals surface area contributed by atoms with E-state index < -0.39 is 0 Å². The molecule has 1 atom stereocenters. The Morgan fingerprint density at radius 1 is 1.61 bits per heavy atom. The first-order chi connectivity index (χ1) is 8.55. The van der Waals surface area contributed by atoms with Crippen LogP contribution in [-0.4, -0.2) is 29.5 Å². The molecule has 1 aliphatic heterocycles. The minimum atomic E-state index is -0.210. The van der Waals surface area contributed by atoms with Gasteiger partial charge in [-0.1, -0.05) is 18.2 Å². The molecule has 0 saturated heterocycles. The van der Waals surface area contributed by atoms with Crippen LogP contribution in [0.1, 0.15) is 12.5 Å². The van der Waals surface area contributed by atoms with Crippen LogP contribution in [0.4, 0.5) is 4.39 Å². The second kappa shape index (κ2) is 4.80. The van der Waals surface area contributed by atoms with Gasteiger partial charge in [-0.25, -0.2) is 4.39 Å². The summed E-state index contributed by atoms with van der Waals surface area (Å²) in [5, 5.41) is 0. The van der Waals surface area contributed by atoms with Gasteiger partial charge in [0.25, 0.3) is 0 Å². The number of rotatable bonds is 4. The van der Waals surface area contributed by atoms with E-state index in [1.807, 2.05) is 11.0 Å². The van der Waals surface area contributed by atoms with Crippen molar-refractivity contribution in [1.82, 2.24) is 4.90 Å². The van der Waals surface area contributed by atoms with Crippen molar-refractivity contribution in [3.63, 3.8) is 0 Å². The predicted molar refractivity (Wildman–Crippen MR) is 71.9 cm³/mol. The fraction of sp³-hybridized carbons (Fsp3) is 0.357. The Labute approximate surface area is 107 Å². The molecular formula is C14H18FN3. The molecule has 4 heteroatoms. The predicted octanol–water partition coefficient (Wildman–Crippen LogP) is 1.94. The summed E-state index contributed by atoms with van der Waals surface area (Å²) in [4.78, 5) is 6.31. The van der Waals surface area contributed by atoms with Gasteiger partial charge in [0.2, 0.25) is 0 Å². The molecular weight excluding hydrogens is 229 g/mol. The smallest absolute Gasteiger partial charge is 0.192 e. The molecule has 1 unspecified atom stereocenters.